The Morgan fingerprint density at radius 1 is 1.00 bits per heavy atom. The first-order valence-electron chi connectivity index (χ1n) is 7.59. The number of hydrogen-bond acceptors (Lipinski definition) is 3. The van der Waals surface area contributed by atoms with E-state index in [0.717, 1.165) is 27.3 Å². The molecule has 1 amide bonds. The van der Waals surface area contributed by atoms with Crippen molar-refractivity contribution >= 4 is 27.3 Å². The van der Waals surface area contributed by atoms with E-state index in [-0.39, 0.29) is 12.5 Å². The van der Waals surface area contributed by atoms with E-state index in [2.05, 4.69) is 5.32 Å². The normalized spacial score (nSPS) is 11.2. The van der Waals surface area contributed by atoms with Gasteiger partial charge in [0.25, 0.3) is 0 Å². The number of sulfonamides is 1. The van der Waals surface area contributed by atoms with E-state index in [4.69, 9.17) is 0 Å². The maximum Gasteiger partial charge on any atom is 0.245 e. The molecule has 6 heteroatoms. The van der Waals surface area contributed by atoms with Gasteiger partial charge in [0, 0.05) is 5.69 Å². The van der Waals surface area contributed by atoms with E-state index in [1.54, 1.807) is 12.1 Å². The molecule has 24 heavy (non-hydrogen) atoms. The first-order chi connectivity index (χ1) is 11.2. The molecule has 5 nitrogen and oxygen atoms in total. The molecule has 0 aliphatic carbocycles. The molecule has 1 N–H and O–H groups in total. The third kappa shape index (κ3) is 4.35. The molecule has 0 fully saturated rings. The van der Waals surface area contributed by atoms with E-state index in [1.165, 1.54) is 0 Å². The molecule has 0 radical (unpaired) electrons. The summed E-state index contributed by atoms with van der Waals surface area (Å²) in [7, 11) is -3.58. The molecule has 2 aromatic carbocycles. The van der Waals surface area contributed by atoms with Crippen LogP contribution in [0.25, 0.3) is 0 Å². The first kappa shape index (κ1) is 18.0. The smallest absolute Gasteiger partial charge is 0.245 e. The summed E-state index contributed by atoms with van der Waals surface area (Å²) in [6, 6.07) is 12.9. The van der Waals surface area contributed by atoms with Crippen molar-refractivity contribution in [1.29, 1.82) is 0 Å². The molecule has 0 spiro atoms. The van der Waals surface area contributed by atoms with Gasteiger partial charge in [0.1, 0.15) is 6.54 Å². The number of nitrogens with one attached hydrogen (secondary N) is 1. The minimum Gasteiger partial charge on any atom is -0.325 e. The zero-order valence-electron chi connectivity index (χ0n) is 14.3. The molecule has 0 aliphatic heterocycles. The average Bonchev–Trinajstić information content (AvgIpc) is 2.47. The lowest BCUT2D eigenvalue weighted by Crippen LogP contribution is -2.38. The fourth-order valence-electron chi connectivity index (χ4n) is 2.53. The molecule has 2 rings (SSSR count). The number of para-hydroxylation sites is 1. The molecule has 0 unspecified atom stereocenters. The van der Waals surface area contributed by atoms with Crippen molar-refractivity contribution in [2.75, 3.05) is 22.4 Å². The van der Waals surface area contributed by atoms with Crippen LogP contribution in [0.5, 0.6) is 0 Å². The lowest BCUT2D eigenvalue weighted by Gasteiger charge is -2.25. The zero-order valence-corrected chi connectivity index (χ0v) is 15.1. The third-order valence-corrected chi connectivity index (χ3v) is 4.82. The summed E-state index contributed by atoms with van der Waals surface area (Å²) in [6.07, 6.45) is 1.11. The molecule has 0 saturated heterocycles. The van der Waals surface area contributed by atoms with Gasteiger partial charge in [0.2, 0.25) is 15.9 Å². The van der Waals surface area contributed by atoms with Crippen LogP contribution in [0.1, 0.15) is 16.7 Å². The van der Waals surface area contributed by atoms with Gasteiger partial charge in [-0.2, -0.15) is 0 Å². The van der Waals surface area contributed by atoms with Crippen molar-refractivity contribution in [1.82, 2.24) is 0 Å². The van der Waals surface area contributed by atoms with Crippen molar-refractivity contribution in [2.24, 2.45) is 0 Å². The van der Waals surface area contributed by atoms with Crippen LogP contribution in [-0.4, -0.2) is 27.1 Å². The summed E-state index contributed by atoms with van der Waals surface area (Å²) in [5.41, 5.74) is 3.90. The van der Waals surface area contributed by atoms with E-state index in [0.29, 0.717) is 11.4 Å². The monoisotopic (exact) mass is 346 g/mol. The average molecular weight is 346 g/mol. The third-order valence-electron chi connectivity index (χ3n) is 3.71. The lowest BCUT2D eigenvalue weighted by molar-refractivity contribution is -0.114. The number of carbonyl (C=O) groups is 1. The Kier molecular flexibility index (Phi) is 5.29. The second kappa shape index (κ2) is 7.05. The molecule has 0 bridgehead atoms. The van der Waals surface area contributed by atoms with Crippen molar-refractivity contribution in [3.05, 3.63) is 59.2 Å². The molecule has 0 aliphatic rings. The van der Waals surface area contributed by atoms with Gasteiger partial charge in [-0.25, -0.2) is 8.42 Å². The zero-order chi connectivity index (χ0) is 17.9. The van der Waals surface area contributed by atoms with E-state index >= 15 is 0 Å². The Labute approximate surface area is 143 Å². The van der Waals surface area contributed by atoms with Gasteiger partial charge in [-0.05, 0) is 44.0 Å². The van der Waals surface area contributed by atoms with Crippen molar-refractivity contribution in [3.63, 3.8) is 0 Å². The largest absolute Gasteiger partial charge is 0.325 e. The second-order valence-electron chi connectivity index (χ2n) is 5.92. The van der Waals surface area contributed by atoms with E-state index < -0.39 is 10.0 Å². The standard InChI is InChI=1S/C18H22N2O3S/c1-13-8-10-16(11-9-13)19-17(21)12-20(24(4,22)23)18-14(2)6-5-7-15(18)3/h5-11H,12H2,1-4H3,(H,19,21). The molecular weight excluding hydrogens is 324 g/mol. The van der Waals surface area contributed by atoms with Crippen LogP contribution in [0.2, 0.25) is 0 Å². The Bertz CT molecular complexity index is 823. The number of carbonyl (C=O) groups excluding carboxylic acids is 1. The molecular formula is C18H22N2O3S. The van der Waals surface area contributed by atoms with Crippen LogP contribution in [0, 0.1) is 20.8 Å². The highest BCUT2D eigenvalue weighted by Crippen LogP contribution is 2.26. The topological polar surface area (TPSA) is 66.5 Å². The van der Waals surface area contributed by atoms with Gasteiger partial charge in [0.15, 0.2) is 0 Å². The molecule has 0 atom stereocenters. The van der Waals surface area contributed by atoms with Gasteiger partial charge >= 0.3 is 0 Å². The number of amides is 1. The summed E-state index contributed by atoms with van der Waals surface area (Å²) in [5.74, 6) is -0.382. The number of aryl methyl sites for hydroxylation is 3. The fraction of sp³-hybridized carbons (Fsp3) is 0.278. The Balaban J connectivity index is 2.27. The molecule has 0 saturated carbocycles. The molecule has 128 valence electrons. The predicted molar refractivity (Wildman–Crippen MR) is 97.9 cm³/mol. The summed E-state index contributed by atoms with van der Waals surface area (Å²) < 4.78 is 25.6. The number of rotatable bonds is 5. The highest BCUT2D eigenvalue weighted by Gasteiger charge is 2.23. The van der Waals surface area contributed by atoms with E-state index in [1.807, 2.05) is 51.1 Å². The Hall–Kier alpha value is -2.34. The highest BCUT2D eigenvalue weighted by atomic mass is 32.2. The molecule has 2 aromatic rings. The van der Waals surface area contributed by atoms with Crippen LogP contribution >= 0.6 is 0 Å². The highest BCUT2D eigenvalue weighted by molar-refractivity contribution is 7.92. The van der Waals surface area contributed by atoms with Crippen molar-refractivity contribution in [2.45, 2.75) is 20.8 Å². The minimum atomic E-state index is -3.58. The first-order valence-corrected chi connectivity index (χ1v) is 9.44. The Morgan fingerprint density at radius 3 is 2.04 bits per heavy atom. The van der Waals surface area contributed by atoms with Crippen LogP contribution in [0.4, 0.5) is 11.4 Å². The van der Waals surface area contributed by atoms with Crippen LogP contribution < -0.4 is 9.62 Å². The van der Waals surface area contributed by atoms with Crippen molar-refractivity contribution in [3.8, 4) is 0 Å². The number of hydrogen-bond donors (Lipinski definition) is 1. The second-order valence-corrected chi connectivity index (χ2v) is 7.83. The van der Waals surface area contributed by atoms with Gasteiger partial charge in [-0.15, -0.1) is 0 Å². The van der Waals surface area contributed by atoms with Gasteiger partial charge in [-0.1, -0.05) is 35.9 Å². The molecule has 0 aromatic heterocycles. The number of anilines is 2. The van der Waals surface area contributed by atoms with Crippen LogP contribution in [0.15, 0.2) is 42.5 Å². The lowest BCUT2D eigenvalue weighted by atomic mass is 10.1. The summed E-state index contributed by atoms with van der Waals surface area (Å²) >= 11 is 0. The quantitative estimate of drug-likeness (QED) is 0.905. The van der Waals surface area contributed by atoms with Gasteiger partial charge in [0.05, 0.1) is 11.9 Å². The van der Waals surface area contributed by atoms with Gasteiger partial charge in [-0.3, -0.25) is 9.10 Å². The number of benzene rings is 2. The summed E-state index contributed by atoms with van der Waals surface area (Å²) in [4.78, 5) is 12.3. The van der Waals surface area contributed by atoms with Crippen LogP contribution in [-0.2, 0) is 14.8 Å². The maximum absolute atomic E-state index is 12.3. The number of nitrogens with zero attached hydrogens (tertiary/aromatic N) is 1. The Morgan fingerprint density at radius 2 is 1.54 bits per heavy atom. The fourth-order valence-corrected chi connectivity index (χ4v) is 3.50. The van der Waals surface area contributed by atoms with E-state index in [9.17, 15) is 13.2 Å². The summed E-state index contributed by atoms with van der Waals surface area (Å²) in [6.45, 7) is 5.35. The SMILES string of the molecule is Cc1ccc(NC(=O)CN(c2c(C)cccc2C)S(C)(=O)=O)cc1. The summed E-state index contributed by atoms with van der Waals surface area (Å²) in [5, 5.41) is 2.74. The van der Waals surface area contributed by atoms with Gasteiger partial charge < -0.3 is 5.32 Å². The maximum atomic E-state index is 12.3. The molecule has 0 heterocycles. The minimum absolute atomic E-state index is 0.265. The van der Waals surface area contributed by atoms with Crippen LogP contribution in [0.3, 0.4) is 0 Å². The van der Waals surface area contributed by atoms with Crippen molar-refractivity contribution < 1.29 is 13.2 Å². The predicted octanol–water partition coefficient (Wildman–Crippen LogP) is 3.02.